The van der Waals surface area contributed by atoms with Crippen molar-refractivity contribution in [3.8, 4) is 0 Å². The van der Waals surface area contributed by atoms with Crippen molar-refractivity contribution in [2.45, 2.75) is 0 Å². The molecule has 78 valence electrons. The number of carbonyl (C=O) groups excluding carboxylic acids is 1. The van der Waals surface area contributed by atoms with E-state index in [1.807, 2.05) is 24.3 Å². The number of aromatic nitrogens is 2. The smallest absolute Gasteiger partial charge is 0.313 e. The Morgan fingerprint density at radius 2 is 2.06 bits per heavy atom. The zero-order chi connectivity index (χ0) is 11.0. The molecule has 2 heterocycles. The summed E-state index contributed by atoms with van der Waals surface area (Å²) >= 11 is 0. The molecule has 0 atom stereocenters. The molecule has 0 fully saturated rings. The Hall–Kier alpha value is -2.36. The Kier molecular flexibility index (Phi) is 1.86. The zero-order valence-electron chi connectivity index (χ0n) is 8.33. The highest BCUT2D eigenvalue weighted by Gasteiger charge is 2.12. The molecule has 4 nitrogen and oxygen atoms in total. The quantitative estimate of drug-likeness (QED) is 0.621. The van der Waals surface area contributed by atoms with E-state index in [1.54, 1.807) is 18.3 Å². The number of fused-ring (bicyclic) bond motifs is 1. The maximum absolute atomic E-state index is 11.9. The van der Waals surface area contributed by atoms with Crippen molar-refractivity contribution in [1.82, 2.24) is 9.78 Å². The van der Waals surface area contributed by atoms with Crippen LogP contribution in [0, 0.1) is 0 Å². The summed E-state index contributed by atoms with van der Waals surface area (Å²) in [5.74, 6) is 0.0222. The molecular weight excluding hydrogens is 204 g/mol. The zero-order valence-corrected chi connectivity index (χ0v) is 8.33. The first-order valence-corrected chi connectivity index (χ1v) is 4.87. The minimum Gasteiger partial charge on any atom is -0.459 e. The van der Waals surface area contributed by atoms with E-state index in [9.17, 15) is 4.79 Å². The minimum absolute atomic E-state index is 0.263. The highest BCUT2D eigenvalue weighted by Crippen LogP contribution is 2.12. The molecule has 0 spiro atoms. The van der Waals surface area contributed by atoms with Gasteiger partial charge in [0.1, 0.15) is 0 Å². The van der Waals surface area contributed by atoms with Crippen LogP contribution in [0.1, 0.15) is 10.6 Å². The molecule has 16 heavy (non-hydrogen) atoms. The van der Waals surface area contributed by atoms with Crippen molar-refractivity contribution in [1.29, 1.82) is 0 Å². The van der Waals surface area contributed by atoms with Gasteiger partial charge in [0, 0.05) is 11.6 Å². The van der Waals surface area contributed by atoms with Crippen LogP contribution in [0.3, 0.4) is 0 Å². The fourth-order valence-corrected chi connectivity index (χ4v) is 1.58. The summed E-state index contributed by atoms with van der Waals surface area (Å²) in [6, 6.07) is 10.9. The van der Waals surface area contributed by atoms with E-state index < -0.39 is 0 Å². The predicted molar refractivity (Wildman–Crippen MR) is 58.2 cm³/mol. The van der Waals surface area contributed by atoms with Gasteiger partial charge in [-0.3, -0.25) is 4.79 Å². The van der Waals surface area contributed by atoms with Crippen molar-refractivity contribution < 1.29 is 9.21 Å². The maximum atomic E-state index is 11.9. The second-order valence-corrected chi connectivity index (χ2v) is 3.41. The van der Waals surface area contributed by atoms with Gasteiger partial charge < -0.3 is 4.42 Å². The van der Waals surface area contributed by atoms with Crippen LogP contribution in [-0.4, -0.2) is 15.7 Å². The summed E-state index contributed by atoms with van der Waals surface area (Å²) in [5.41, 5.74) is 0.794. The summed E-state index contributed by atoms with van der Waals surface area (Å²) in [6.45, 7) is 0. The number of hydrogen-bond donors (Lipinski definition) is 0. The lowest BCUT2D eigenvalue weighted by Gasteiger charge is -1.94. The number of benzene rings is 1. The van der Waals surface area contributed by atoms with Gasteiger partial charge in [0.05, 0.1) is 11.8 Å². The fourth-order valence-electron chi connectivity index (χ4n) is 1.58. The van der Waals surface area contributed by atoms with Crippen LogP contribution in [0.25, 0.3) is 10.9 Å². The summed E-state index contributed by atoms with van der Waals surface area (Å²) in [5, 5.41) is 5.11. The largest absolute Gasteiger partial charge is 0.459 e. The molecule has 0 aliphatic carbocycles. The van der Waals surface area contributed by atoms with Crippen molar-refractivity contribution in [3.05, 3.63) is 54.6 Å². The molecule has 4 heteroatoms. The molecule has 0 N–H and O–H groups in total. The third kappa shape index (κ3) is 1.32. The van der Waals surface area contributed by atoms with Gasteiger partial charge in [0.25, 0.3) is 0 Å². The van der Waals surface area contributed by atoms with E-state index in [0.29, 0.717) is 0 Å². The molecule has 1 aromatic carbocycles. The number of rotatable bonds is 1. The highest BCUT2D eigenvalue weighted by atomic mass is 16.3. The first-order chi connectivity index (χ1) is 7.84. The monoisotopic (exact) mass is 212 g/mol. The molecule has 3 aromatic rings. The van der Waals surface area contributed by atoms with Gasteiger partial charge in [0.2, 0.25) is 0 Å². The first-order valence-electron chi connectivity index (χ1n) is 4.87. The molecular formula is C12H8N2O2. The van der Waals surface area contributed by atoms with E-state index in [0.717, 1.165) is 10.9 Å². The standard InChI is InChI=1S/C12H8N2O2/c15-12(11-6-3-7-16-11)14-8-9-4-1-2-5-10(9)13-14/h1-8H. The maximum Gasteiger partial charge on any atom is 0.313 e. The van der Waals surface area contributed by atoms with E-state index >= 15 is 0 Å². The van der Waals surface area contributed by atoms with Gasteiger partial charge in [-0.15, -0.1) is 0 Å². The molecule has 0 saturated heterocycles. The number of hydrogen-bond acceptors (Lipinski definition) is 3. The van der Waals surface area contributed by atoms with Gasteiger partial charge in [-0.05, 0) is 18.2 Å². The van der Waals surface area contributed by atoms with Crippen LogP contribution in [-0.2, 0) is 0 Å². The van der Waals surface area contributed by atoms with E-state index in [2.05, 4.69) is 5.10 Å². The second-order valence-electron chi connectivity index (χ2n) is 3.41. The molecule has 0 radical (unpaired) electrons. The molecule has 0 aliphatic rings. The minimum atomic E-state index is -0.263. The van der Waals surface area contributed by atoms with Crippen LogP contribution >= 0.6 is 0 Å². The van der Waals surface area contributed by atoms with Crippen LogP contribution < -0.4 is 0 Å². The number of furan rings is 1. The lowest BCUT2D eigenvalue weighted by molar-refractivity contribution is 0.0918. The van der Waals surface area contributed by atoms with Crippen molar-refractivity contribution >= 4 is 16.8 Å². The van der Waals surface area contributed by atoms with Gasteiger partial charge in [-0.1, -0.05) is 18.2 Å². The Morgan fingerprint density at radius 1 is 1.19 bits per heavy atom. The first kappa shape index (κ1) is 8.91. The second kappa shape index (κ2) is 3.34. The molecule has 0 bridgehead atoms. The summed E-state index contributed by atoms with van der Waals surface area (Å²) < 4.78 is 6.33. The Labute approximate surface area is 91.1 Å². The van der Waals surface area contributed by atoms with E-state index in [1.165, 1.54) is 10.9 Å². The van der Waals surface area contributed by atoms with E-state index in [-0.39, 0.29) is 11.7 Å². The molecule has 3 rings (SSSR count). The molecule has 0 unspecified atom stereocenters. The van der Waals surface area contributed by atoms with Gasteiger partial charge in [0.15, 0.2) is 5.76 Å². The van der Waals surface area contributed by atoms with Crippen molar-refractivity contribution in [3.63, 3.8) is 0 Å². The normalized spacial score (nSPS) is 10.8. The third-order valence-electron chi connectivity index (χ3n) is 2.35. The summed E-state index contributed by atoms with van der Waals surface area (Å²) in [6.07, 6.45) is 3.16. The van der Waals surface area contributed by atoms with Crippen molar-refractivity contribution in [2.24, 2.45) is 0 Å². The fraction of sp³-hybridized carbons (Fsp3) is 0. The Bertz CT molecular complexity index is 605. The summed E-state index contributed by atoms with van der Waals surface area (Å²) in [7, 11) is 0. The SMILES string of the molecule is O=C(c1ccco1)n1cc2ccccc2n1. The van der Waals surface area contributed by atoms with Crippen LogP contribution in [0.5, 0.6) is 0 Å². The van der Waals surface area contributed by atoms with Gasteiger partial charge >= 0.3 is 5.91 Å². The Balaban J connectivity index is 2.10. The van der Waals surface area contributed by atoms with Gasteiger partial charge in [-0.2, -0.15) is 5.10 Å². The molecule has 2 aromatic heterocycles. The number of carbonyl (C=O) groups is 1. The average molecular weight is 212 g/mol. The van der Waals surface area contributed by atoms with Crippen LogP contribution in [0.2, 0.25) is 0 Å². The van der Waals surface area contributed by atoms with E-state index in [4.69, 9.17) is 4.42 Å². The molecule has 0 aliphatic heterocycles. The van der Waals surface area contributed by atoms with Gasteiger partial charge in [-0.25, -0.2) is 4.68 Å². The van der Waals surface area contributed by atoms with Crippen LogP contribution in [0.15, 0.2) is 53.3 Å². The average Bonchev–Trinajstić information content (AvgIpc) is 2.97. The predicted octanol–water partition coefficient (Wildman–Crippen LogP) is 2.32. The summed E-state index contributed by atoms with van der Waals surface area (Å²) in [4.78, 5) is 11.9. The van der Waals surface area contributed by atoms with Crippen molar-refractivity contribution in [2.75, 3.05) is 0 Å². The highest BCUT2D eigenvalue weighted by molar-refractivity contribution is 5.94. The lowest BCUT2D eigenvalue weighted by Crippen LogP contribution is -2.11. The molecule has 0 saturated carbocycles. The Morgan fingerprint density at radius 3 is 2.81 bits per heavy atom. The molecule has 0 amide bonds. The lowest BCUT2D eigenvalue weighted by atomic mass is 10.3. The van der Waals surface area contributed by atoms with Crippen LogP contribution in [0.4, 0.5) is 0 Å². The third-order valence-corrected chi connectivity index (χ3v) is 2.35. The topological polar surface area (TPSA) is 48.0 Å². The number of nitrogens with zero attached hydrogens (tertiary/aromatic N) is 2.